The Bertz CT molecular complexity index is 307. The van der Waals surface area contributed by atoms with Crippen molar-refractivity contribution in [2.45, 2.75) is 6.92 Å². The first-order valence-electron chi connectivity index (χ1n) is 3.59. The highest BCUT2D eigenvalue weighted by molar-refractivity contribution is 5.90. The molecule has 3 heteroatoms. The molecule has 0 aliphatic rings. The number of anilines is 1. The zero-order valence-corrected chi connectivity index (χ0v) is 6.87. The lowest BCUT2D eigenvalue weighted by atomic mass is 10.3. The summed E-state index contributed by atoms with van der Waals surface area (Å²) in [6.07, 6.45) is 3.26. The minimum atomic E-state index is -0.105. The molecule has 1 N–H and O–H groups in total. The maximum Gasteiger partial charge on any atom is 0.221 e. The molecule has 0 aliphatic carbocycles. The van der Waals surface area contributed by atoms with E-state index in [0.29, 0.717) is 11.4 Å². The fourth-order valence-electron chi connectivity index (χ4n) is 0.876. The number of amides is 1. The monoisotopic (exact) mass is 162 g/mol. The number of nitrogens with zero attached hydrogens (tertiary/aromatic N) is 1. The molecule has 62 valence electrons. The van der Waals surface area contributed by atoms with Crippen LogP contribution in [0.25, 0.3) is 6.08 Å². The van der Waals surface area contributed by atoms with Crippen molar-refractivity contribution < 1.29 is 4.79 Å². The van der Waals surface area contributed by atoms with Crippen LogP contribution in [0.15, 0.2) is 24.9 Å². The summed E-state index contributed by atoms with van der Waals surface area (Å²) < 4.78 is 0. The van der Waals surface area contributed by atoms with E-state index in [2.05, 4.69) is 16.9 Å². The van der Waals surface area contributed by atoms with Gasteiger partial charge in [0.25, 0.3) is 0 Å². The molecule has 0 fully saturated rings. The van der Waals surface area contributed by atoms with Crippen LogP contribution >= 0.6 is 0 Å². The van der Waals surface area contributed by atoms with Crippen LogP contribution in [0.5, 0.6) is 0 Å². The molecule has 0 unspecified atom stereocenters. The first kappa shape index (κ1) is 8.46. The molecular formula is C9H10N2O. The highest BCUT2D eigenvalue weighted by Crippen LogP contribution is 2.12. The Balaban J connectivity index is 2.96. The van der Waals surface area contributed by atoms with Gasteiger partial charge < -0.3 is 5.32 Å². The van der Waals surface area contributed by atoms with Gasteiger partial charge in [-0.2, -0.15) is 0 Å². The number of carbonyl (C=O) groups excluding carboxylic acids is 1. The van der Waals surface area contributed by atoms with Gasteiger partial charge in [0.05, 0.1) is 11.4 Å². The summed E-state index contributed by atoms with van der Waals surface area (Å²) in [4.78, 5) is 14.7. The van der Waals surface area contributed by atoms with Gasteiger partial charge in [0.2, 0.25) is 5.91 Å². The highest BCUT2D eigenvalue weighted by atomic mass is 16.1. The standard InChI is InChI=1S/C9H10N2O/c1-3-8-9(11-7(2)12)5-4-6-10-8/h3-6H,1H2,2H3,(H,11,12). The zero-order chi connectivity index (χ0) is 8.97. The average Bonchev–Trinajstić information content (AvgIpc) is 2.04. The summed E-state index contributed by atoms with van der Waals surface area (Å²) in [5, 5.41) is 2.65. The lowest BCUT2D eigenvalue weighted by Crippen LogP contribution is -2.07. The van der Waals surface area contributed by atoms with Crippen LogP contribution in [0.1, 0.15) is 12.6 Å². The fraction of sp³-hybridized carbons (Fsp3) is 0.111. The minimum absolute atomic E-state index is 0.105. The van der Waals surface area contributed by atoms with Crippen LogP contribution in [0.2, 0.25) is 0 Å². The normalized spacial score (nSPS) is 9.08. The number of carbonyl (C=O) groups is 1. The van der Waals surface area contributed by atoms with Crippen molar-refractivity contribution in [3.8, 4) is 0 Å². The summed E-state index contributed by atoms with van der Waals surface area (Å²) in [5.74, 6) is -0.105. The van der Waals surface area contributed by atoms with Crippen molar-refractivity contribution in [3.05, 3.63) is 30.6 Å². The van der Waals surface area contributed by atoms with Gasteiger partial charge in [-0.15, -0.1) is 0 Å². The number of rotatable bonds is 2. The summed E-state index contributed by atoms with van der Waals surface area (Å²) in [6, 6.07) is 3.55. The van der Waals surface area contributed by atoms with Crippen LogP contribution < -0.4 is 5.32 Å². The number of hydrogen-bond donors (Lipinski definition) is 1. The third kappa shape index (κ3) is 1.92. The van der Waals surface area contributed by atoms with Gasteiger partial charge >= 0.3 is 0 Å². The first-order chi connectivity index (χ1) is 5.74. The van der Waals surface area contributed by atoms with E-state index in [1.54, 1.807) is 24.4 Å². The number of nitrogens with one attached hydrogen (secondary N) is 1. The molecule has 0 aliphatic heterocycles. The zero-order valence-electron chi connectivity index (χ0n) is 6.87. The van der Waals surface area contributed by atoms with Crippen LogP contribution in [0.4, 0.5) is 5.69 Å². The lowest BCUT2D eigenvalue weighted by Gasteiger charge is -2.03. The molecule has 1 amide bonds. The average molecular weight is 162 g/mol. The maximum atomic E-state index is 10.7. The van der Waals surface area contributed by atoms with E-state index in [-0.39, 0.29) is 5.91 Å². The third-order valence-corrected chi connectivity index (χ3v) is 1.34. The van der Waals surface area contributed by atoms with Gasteiger partial charge in [0.1, 0.15) is 0 Å². The van der Waals surface area contributed by atoms with Gasteiger partial charge in [-0.25, -0.2) is 0 Å². The van der Waals surface area contributed by atoms with E-state index >= 15 is 0 Å². The molecule has 1 aromatic heterocycles. The molecule has 1 heterocycles. The Morgan fingerprint density at radius 3 is 3.08 bits per heavy atom. The van der Waals surface area contributed by atoms with Crippen molar-refractivity contribution in [1.82, 2.24) is 4.98 Å². The summed E-state index contributed by atoms with van der Waals surface area (Å²) in [6.45, 7) is 5.04. The molecule has 0 aromatic carbocycles. The molecule has 0 bridgehead atoms. The number of aromatic nitrogens is 1. The van der Waals surface area contributed by atoms with Gasteiger partial charge in [0.15, 0.2) is 0 Å². The molecule has 0 saturated heterocycles. The molecule has 0 saturated carbocycles. The van der Waals surface area contributed by atoms with Crippen LogP contribution in [0, 0.1) is 0 Å². The Hall–Kier alpha value is -1.64. The Morgan fingerprint density at radius 1 is 1.75 bits per heavy atom. The summed E-state index contributed by atoms with van der Waals surface area (Å²) >= 11 is 0. The molecule has 0 radical (unpaired) electrons. The molecule has 1 aromatic rings. The Kier molecular flexibility index (Phi) is 2.58. The predicted molar refractivity (Wildman–Crippen MR) is 48.6 cm³/mol. The van der Waals surface area contributed by atoms with Crippen LogP contribution in [-0.4, -0.2) is 10.9 Å². The van der Waals surface area contributed by atoms with E-state index in [9.17, 15) is 4.79 Å². The molecule has 1 rings (SSSR count). The van der Waals surface area contributed by atoms with Crippen molar-refractivity contribution in [2.75, 3.05) is 5.32 Å². The quantitative estimate of drug-likeness (QED) is 0.718. The highest BCUT2D eigenvalue weighted by Gasteiger charge is 1.99. The largest absolute Gasteiger partial charge is 0.324 e. The van der Waals surface area contributed by atoms with Gasteiger partial charge in [-0.05, 0) is 18.2 Å². The van der Waals surface area contributed by atoms with Gasteiger partial charge in [0, 0.05) is 13.1 Å². The summed E-state index contributed by atoms with van der Waals surface area (Å²) in [5.41, 5.74) is 1.38. The fourth-order valence-corrected chi connectivity index (χ4v) is 0.876. The van der Waals surface area contributed by atoms with E-state index in [4.69, 9.17) is 0 Å². The molecule has 12 heavy (non-hydrogen) atoms. The predicted octanol–water partition coefficient (Wildman–Crippen LogP) is 1.68. The second-order valence-corrected chi connectivity index (χ2v) is 2.32. The van der Waals surface area contributed by atoms with E-state index in [1.165, 1.54) is 6.92 Å². The van der Waals surface area contributed by atoms with E-state index in [0.717, 1.165) is 0 Å². The lowest BCUT2D eigenvalue weighted by molar-refractivity contribution is -0.114. The first-order valence-corrected chi connectivity index (χ1v) is 3.59. The number of hydrogen-bond acceptors (Lipinski definition) is 2. The smallest absolute Gasteiger partial charge is 0.221 e. The van der Waals surface area contributed by atoms with E-state index in [1.807, 2.05) is 0 Å². The maximum absolute atomic E-state index is 10.7. The molecule has 0 spiro atoms. The second-order valence-electron chi connectivity index (χ2n) is 2.32. The van der Waals surface area contributed by atoms with E-state index < -0.39 is 0 Å². The number of pyridine rings is 1. The molecule has 3 nitrogen and oxygen atoms in total. The Labute approximate surface area is 71.1 Å². The Morgan fingerprint density at radius 2 is 2.50 bits per heavy atom. The van der Waals surface area contributed by atoms with Crippen molar-refractivity contribution >= 4 is 17.7 Å². The van der Waals surface area contributed by atoms with Crippen LogP contribution in [0.3, 0.4) is 0 Å². The molecule has 0 atom stereocenters. The van der Waals surface area contributed by atoms with Crippen molar-refractivity contribution in [2.24, 2.45) is 0 Å². The third-order valence-electron chi connectivity index (χ3n) is 1.34. The molecular weight excluding hydrogens is 152 g/mol. The van der Waals surface area contributed by atoms with Gasteiger partial charge in [-0.1, -0.05) is 6.58 Å². The van der Waals surface area contributed by atoms with Crippen molar-refractivity contribution in [3.63, 3.8) is 0 Å². The van der Waals surface area contributed by atoms with Crippen LogP contribution in [-0.2, 0) is 4.79 Å². The second kappa shape index (κ2) is 3.67. The van der Waals surface area contributed by atoms with Gasteiger partial charge in [-0.3, -0.25) is 9.78 Å². The topological polar surface area (TPSA) is 42.0 Å². The summed E-state index contributed by atoms with van der Waals surface area (Å²) in [7, 11) is 0. The minimum Gasteiger partial charge on any atom is -0.324 e. The van der Waals surface area contributed by atoms with Crippen molar-refractivity contribution in [1.29, 1.82) is 0 Å². The SMILES string of the molecule is C=Cc1ncccc1NC(C)=O.